The van der Waals surface area contributed by atoms with Gasteiger partial charge < -0.3 is 30.7 Å². The van der Waals surface area contributed by atoms with E-state index in [0.717, 1.165) is 25.0 Å². The Morgan fingerprint density at radius 3 is 2.47 bits per heavy atom. The van der Waals surface area contributed by atoms with Crippen LogP contribution >= 0.6 is 0 Å². The summed E-state index contributed by atoms with van der Waals surface area (Å²) in [6, 6.07) is 12.3. The van der Waals surface area contributed by atoms with Gasteiger partial charge in [0.25, 0.3) is 5.91 Å². The highest BCUT2D eigenvalue weighted by molar-refractivity contribution is 7.92. The highest BCUT2D eigenvalue weighted by atomic mass is 32.2. The van der Waals surface area contributed by atoms with E-state index in [1.807, 2.05) is 18.2 Å². The predicted molar refractivity (Wildman–Crippen MR) is 138 cm³/mol. The highest BCUT2D eigenvalue weighted by Gasteiger charge is 2.17. The van der Waals surface area contributed by atoms with E-state index in [4.69, 9.17) is 15.2 Å². The van der Waals surface area contributed by atoms with Gasteiger partial charge in [-0.15, -0.1) is 0 Å². The molecule has 1 aliphatic rings. The van der Waals surface area contributed by atoms with Crippen molar-refractivity contribution in [2.75, 3.05) is 59.9 Å². The van der Waals surface area contributed by atoms with Crippen molar-refractivity contribution in [3.63, 3.8) is 0 Å². The van der Waals surface area contributed by atoms with Crippen molar-refractivity contribution in [3.05, 3.63) is 54.2 Å². The number of aromatic nitrogens is 2. The molecule has 1 aromatic heterocycles. The summed E-state index contributed by atoms with van der Waals surface area (Å²) in [4.78, 5) is 22.9. The zero-order valence-corrected chi connectivity index (χ0v) is 20.6. The first-order valence-corrected chi connectivity index (χ1v) is 12.9. The van der Waals surface area contributed by atoms with Crippen molar-refractivity contribution >= 4 is 50.4 Å². The van der Waals surface area contributed by atoms with E-state index in [0.29, 0.717) is 30.3 Å². The van der Waals surface area contributed by atoms with E-state index < -0.39 is 15.9 Å². The number of amides is 1. The number of nitrogens with two attached hydrogens (primary N) is 1. The van der Waals surface area contributed by atoms with Crippen LogP contribution in [0.25, 0.3) is 0 Å². The maximum atomic E-state index is 12.0. The van der Waals surface area contributed by atoms with Gasteiger partial charge in [0.1, 0.15) is 17.1 Å². The molecule has 5 N–H and O–H groups in total. The summed E-state index contributed by atoms with van der Waals surface area (Å²) >= 11 is 0. The van der Waals surface area contributed by atoms with E-state index >= 15 is 0 Å². The van der Waals surface area contributed by atoms with Gasteiger partial charge in [0.2, 0.25) is 16.0 Å². The number of carbonyl (C=O) groups is 1. The Balaban J connectivity index is 1.63. The first-order chi connectivity index (χ1) is 17.2. The summed E-state index contributed by atoms with van der Waals surface area (Å²) in [5.74, 6) is 0.115. The predicted octanol–water partition coefficient (Wildman–Crippen LogP) is 2.28. The van der Waals surface area contributed by atoms with Crippen LogP contribution in [0.1, 0.15) is 10.4 Å². The van der Waals surface area contributed by atoms with Crippen LogP contribution in [0.4, 0.5) is 34.5 Å². The lowest BCUT2D eigenvalue weighted by molar-refractivity contribution is 0.100. The van der Waals surface area contributed by atoms with Gasteiger partial charge in [-0.2, -0.15) is 4.98 Å². The molecule has 12 nitrogen and oxygen atoms in total. The molecule has 36 heavy (non-hydrogen) atoms. The Hall–Kier alpha value is -4.10. The average molecular weight is 514 g/mol. The van der Waals surface area contributed by atoms with Crippen LogP contribution in [0.5, 0.6) is 5.75 Å². The number of sulfonamides is 1. The van der Waals surface area contributed by atoms with Gasteiger partial charge in [-0.1, -0.05) is 12.1 Å². The molecule has 1 amide bonds. The van der Waals surface area contributed by atoms with Gasteiger partial charge in [-0.05, 0) is 24.3 Å². The minimum Gasteiger partial charge on any atom is -0.494 e. The fourth-order valence-corrected chi connectivity index (χ4v) is 4.23. The number of methoxy groups -OCH3 is 1. The number of carbonyl (C=O) groups excluding carboxylic acids is 1. The largest absolute Gasteiger partial charge is 0.494 e. The normalized spacial score (nSPS) is 13.7. The van der Waals surface area contributed by atoms with Gasteiger partial charge >= 0.3 is 0 Å². The number of hydrogen-bond donors (Lipinski definition) is 4. The maximum Gasteiger partial charge on any atom is 0.254 e. The molecule has 0 unspecified atom stereocenters. The molecule has 3 aromatic rings. The minimum absolute atomic E-state index is 0.0318. The van der Waals surface area contributed by atoms with Crippen LogP contribution in [0, 0.1) is 0 Å². The molecule has 1 saturated heterocycles. The zero-order valence-electron chi connectivity index (χ0n) is 19.8. The number of hydrogen-bond acceptors (Lipinski definition) is 10. The monoisotopic (exact) mass is 513 g/mol. The summed E-state index contributed by atoms with van der Waals surface area (Å²) in [5, 5.41) is 6.09. The number of para-hydroxylation sites is 2. The number of ether oxygens (including phenoxy) is 2. The van der Waals surface area contributed by atoms with Crippen molar-refractivity contribution < 1.29 is 22.7 Å². The molecule has 0 saturated carbocycles. The molecule has 0 spiro atoms. The summed E-state index contributed by atoms with van der Waals surface area (Å²) in [6.45, 7) is 2.92. The molecule has 0 bridgehead atoms. The molecule has 190 valence electrons. The summed E-state index contributed by atoms with van der Waals surface area (Å²) in [7, 11) is -1.97. The fourth-order valence-electron chi connectivity index (χ4n) is 3.65. The third kappa shape index (κ3) is 6.12. The van der Waals surface area contributed by atoms with E-state index in [1.54, 1.807) is 31.4 Å². The Morgan fingerprint density at radius 2 is 1.81 bits per heavy atom. The first kappa shape index (κ1) is 25.0. The number of nitrogens with one attached hydrogen (secondary N) is 3. The molecule has 4 rings (SSSR count). The molecule has 13 heteroatoms. The van der Waals surface area contributed by atoms with Crippen LogP contribution in [0.2, 0.25) is 0 Å². The molecule has 0 atom stereocenters. The summed E-state index contributed by atoms with van der Waals surface area (Å²) < 4.78 is 36.9. The first-order valence-electron chi connectivity index (χ1n) is 11.0. The van der Waals surface area contributed by atoms with Crippen molar-refractivity contribution in [1.29, 1.82) is 0 Å². The van der Waals surface area contributed by atoms with Crippen molar-refractivity contribution in [2.45, 2.75) is 0 Å². The quantitative estimate of drug-likeness (QED) is 0.334. The van der Waals surface area contributed by atoms with E-state index in [1.165, 1.54) is 6.20 Å². The summed E-state index contributed by atoms with van der Waals surface area (Å²) in [6.07, 6.45) is 2.34. The Labute approximate surface area is 208 Å². The lowest BCUT2D eigenvalue weighted by Gasteiger charge is -2.29. The van der Waals surface area contributed by atoms with Gasteiger partial charge in [0, 0.05) is 31.0 Å². The molecule has 2 heterocycles. The van der Waals surface area contributed by atoms with Gasteiger partial charge in [0.15, 0.2) is 0 Å². The molecule has 0 aliphatic carbocycles. The third-order valence-corrected chi connectivity index (χ3v) is 5.93. The number of rotatable bonds is 9. The van der Waals surface area contributed by atoms with Crippen LogP contribution < -0.4 is 30.7 Å². The SMILES string of the molecule is COc1cc(N2CCOCC2)ccc1Nc1ncc(C(N)=O)c(Nc2ccccc2NS(C)(=O)=O)n1. The van der Waals surface area contributed by atoms with Gasteiger partial charge in [-0.3, -0.25) is 9.52 Å². The van der Waals surface area contributed by atoms with Crippen LogP contribution in [-0.2, 0) is 14.8 Å². The smallest absolute Gasteiger partial charge is 0.254 e. The van der Waals surface area contributed by atoms with Crippen molar-refractivity contribution in [1.82, 2.24) is 9.97 Å². The Morgan fingerprint density at radius 1 is 1.08 bits per heavy atom. The molecule has 1 fully saturated rings. The van der Waals surface area contributed by atoms with E-state index in [9.17, 15) is 13.2 Å². The number of benzene rings is 2. The fraction of sp³-hybridized carbons (Fsp3) is 0.261. The van der Waals surface area contributed by atoms with Crippen LogP contribution in [0.3, 0.4) is 0 Å². The second-order valence-electron chi connectivity index (χ2n) is 7.97. The number of nitrogens with zero attached hydrogens (tertiary/aromatic N) is 3. The van der Waals surface area contributed by atoms with Crippen LogP contribution in [-0.4, -0.2) is 64.0 Å². The Bertz CT molecular complexity index is 1360. The second-order valence-corrected chi connectivity index (χ2v) is 9.72. The van der Waals surface area contributed by atoms with E-state index in [2.05, 4.69) is 30.2 Å². The number of morpholine rings is 1. The molecule has 2 aromatic carbocycles. The van der Waals surface area contributed by atoms with Gasteiger partial charge in [-0.25, -0.2) is 13.4 Å². The lowest BCUT2D eigenvalue weighted by atomic mass is 10.2. The number of anilines is 6. The van der Waals surface area contributed by atoms with E-state index in [-0.39, 0.29) is 23.0 Å². The second kappa shape index (κ2) is 10.7. The molecular formula is C23H27N7O5S. The molecular weight excluding hydrogens is 486 g/mol. The van der Waals surface area contributed by atoms with Crippen molar-refractivity contribution in [2.24, 2.45) is 5.73 Å². The van der Waals surface area contributed by atoms with Gasteiger partial charge in [0.05, 0.1) is 43.6 Å². The average Bonchev–Trinajstić information content (AvgIpc) is 2.85. The standard InChI is InChI=1S/C23H27N7O5S/c1-34-20-13-15(30-9-11-35-12-10-30)7-8-19(20)27-23-25-14-16(21(24)31)22(28-23)26-17-5-3-4-6-18(17)29-36(2,32)33/h3-8,13-14,29H,9-12H2,1-2H3,(H2,24,31)(H2,25,26,27,28). The maximum absolute atomic E-state index is 12.0. The highest BCUT2D eigenvalue weighted by Crippen LogP contribution is 2.33. The Kier molecular flexibility index (Phi) is 7.41. The zero-order chi connectivity index (χ0) is 25.7. The number of primary amides is 1. The van der Waals surface area contributed by atoms with Crippen molar-refractivity contribution in [3.8, 4) is 5.75 Å². The minimum atomic E-state index is -3.54. The lowest BCUT2D eigenvalue weighted by Crippen LogP contribution is -2.36. The summed E-state index contributed by atoms with van der Waals surface area (Å²) in [5.41, 5.74) is 7.83. The molecule has 0 radical (unpaired) electrons. The topological polar surface area (TPSA) is 161 Å². The molecule has 1 aliphatic heterocycles. The third-order valence-electron chi connectivity index (χ3n) is 5.34. The van der Waals surface area contributed by atoms with Crippen LogP contribution in [0.15, 0.2) is 48.7 Å².